The molecule has 28 heavy (non-hydrogen) atoms. The van der Waals surface area contributed by atoms with E-state index in [-0.39, 0.29) is 13.0 Å². The van der Waals surface area contributed by atoms with Crippen LogP contribution in [-0.4, -0.2) is 25.0 Å². The average molecular weight is 399 g/mol. The molecule has 0 radical (unpaired) electrons. The molecule has 0 amide bonds. The van der Waals surface area contributed by atoms with Crippen LogP contribution in [0.5, 0.6) is 0 Å². The van der Waals surface area contributed by atoms with E-state index in [4.69, 9.17) is 0 Å². The molecule has 3 rings (SSSR count). The summed E-state index contributed by atoms with van der Waals surface area (Å²) in [5, 5.41) is 0. The van der Waals surface area contributed by atoms with Gasteiger partial charge < -0.3 is 4.57 Å². The Bertz CT molecular complexity index is 1110. The van der Waals surface area contributed by atoms with Crippen LogP contribution in [0.1, 0.15) is 17.5 Å². The van der Waals surface area contributed by atoms with Gasteiger partial charge in [0, 0.05) is 18.8 Å². The number of rotatable bonds is 7. The first-order valence-corrected chi connectivity index (χ1v) is 10.2. The fourth-order valence-corrected chi connectivity index (χ4v) is 4.99. The third-order valence-corrected chi connectivity index (χ3v) is 6.94. The van der Waals surface area contributed by atoms with E-state index in [1.54, 1.807) is 48.5 Å². The molecule has 0 unspecified atom stereocenters. The molecule has 0 aliphatic heterocycles. The van der Waals surface area contributed by atoms with Crippen molar-refractivity contribution in [2.24, 2.45) is 0 Å². The molecule has 0 atom stereocenters. The van der Waals surface area contributed by atoms with Crippen LogP contribution in [0, 0.1) is 0 Å². The van der Waals surface area contributed by atoms with Gasteiger partial charge >= 0.3 is 5.69 Å². The molecule has 1 heterocycles. The first kappa shape index (κ1) is 19.8. The first-order valence-electron chi connectivity index (χ1n) is 8.74. The molecule has 0 fully saturated rings. The Morgan fingerprint density at radius 3 is 1.93 bits per heavy atom. The van der Waals surface area contributed by atoms with Crippen molar-refractivity contribution >= 4 is 10.0 Å². The molecule has 0 aliphatic rings. The van der Waals surface area contributed by atoms with Crippen molar-refractivity contribution in [3.63, 3.8) is 0 Å². The summed E-state index contributed by atoms with van der Waals surface area (Å²) < 4.78 is 29.0. The van der Waals surface area contributed by atoms with Crippen molar-refractivity contribution in [2.75, 3.05) is 7.05 Å². The Morgan fingerprint density at radius 1 is 0.929 bits per heavy atom. The van der Waals surface area contributed by atoms with Gasteiger partial charge in [0.25, 0.3) is 5.56 Å². The van der Waals surface area contributed by atoms with Crippen molar-refractivity contribution in [1.82, 2.24) is 14.3 Å². The fourth-order valence-electron chi connectivity index (χ4n) is 3.39. The van der Waals surface area contributed by atoms with Crippen LogP contribution in [0.4, 0.5) is 0 Å². The van der Waals surface area contributed by atoms with Gasteiger partial charge in [-0.3, -0.25) is 9.78 Å². The van der Waals surface area contributed by atoms with Crippen molar-refractivity contribution in [2.45, 2.75) is 17.7 Å². The number of nitrogens with zero attached hydrogens (tertiary/aromatic N) is 1. The first-order chi connectivity index (χ1) is 13.4. The van der Waals surface area contributed by atoms with E-state index in [9.17, 15) is 18.0 Å². The third kappa shape index (κ3) is 3.56. The van der Waals surface area contributed by atoms with Crippen LogP contribution in [-0.2, 0) is 21.3 Å². The molecule has 3 aromatic rings. The summed E-state index contributed by atoms with van der Waals surface area (Å²) in [6, 6.07) is 19.0. The highest BCUT2D eigenvalue weighted by atomic mass is 32.2. The molecule has 146 valence electrons. The third-order valence-electron chi connectivity index (χ3n) is 4.81. The number of nitrogens with one attached hydrogen (secondary N) is 2. The van der Waals surface area contributed by atoms with Crippen molar-refractivity contribution in [3.05, 3.63) is 105 Å². The van der Waals surface area contributed by atoms with E-state index in [0.29, 0.717) is 11.1 Å². The Balaban J connectivity index is 2.20. The molecular formula is C20H21N3O4S. The van der Waals surface area contributed by atoms with Crippen LogP contribution in [0.25, 0.3) is 0 Å². The largest absolute Gasteiger partial charge is 0.328 e. The lowest BCUT2D eigenvalue weighted by Gasteiger charge is -2.34. The second kappa shape index (κ2) is 7.95. The zero-order valence-corrected chi connectivity index (χ0v) is 16.1. The molecule has 0 saturated heterocycles. The van der Waals surface area contributed by atoms with Crippen LogP contribution >= 0.6 is 0 Å². The number of benzene rings is 2. The quantitative estimate of drug-likeness (QED) is 0.627. The molecule has 0 aliphatic carbocycles. The molecule has 0 spiro atoms. The zero-order valence-electron chi connectivity index (χ0n) is 15.3. The zero-order chi connectivity index (χ0) is 20.2. The lowest BCUT2D eigenvalue weighted by atomic mass is 9.87. The summed E-state index contributed by atoms with van der Waals surface area (Å²) in [5.41, 5.74) is 0.104. The van der Waals surface area contributed by atoms with E-state index in [2.05, 4.69) is 9.71 Å². The topological polar surface area (TPSA) is 101 Å². The minimum atomic E-state index is -3.86. The maximum Gasteiger partial charge on any atom is 0.328 e. The predicted octanol–water partition coefficient (Wildman–Crippen LogP) is 1.42. The number of aryl methyl sites for hydroxylation is 1. The van der Waals surface area contributed by atoms with Gasteiger partial charge in [-0.25, -0.2) is 17.9 Å². The summed E-state index contributed by atoms with van der Waals surface area (Å²) in [5.74, 6) is 0. The van der Waals surface area contributed by atoms with Crippen LogP contribution < -0.4 is 16.0 Å². The summed E-state index contributed by atoms with van der Waals surface area (Å²) in [4.78, 5) is 25.6. The Kier molecular flexibility index (Phi) is 5.62. The summed E-state index contributed by atoms with van der Waals surface area (Å²) >= 11 is 0. The number of aromatic nitrogens is 2. The molecule has 0 saturated carbocycles. The van der Waals surface area contributed by atoms with Gasteiger partial charge in [-0.2, -0.15) is 0 Å². The highest BCUT2D eigenvalue weighted by molar-refractivity contribution is 7.90. The molecule has 2 aromatic carbocycles. The second-order valence-corrected chi connectivity index (χ2v) is 8.43. The SMILES string of the molecule is CNS(=O)(=O)C(CCn1ccc(=O)[nH]c1=O)(c1ccccc1)c1ccccc1. The predicted molar refractivity (Wildman–Crippen MR) is 108 cm³/mol. The number of H-pyrrole nitrogens is 1. The Labute approximate surface area is 162 Å². The number of hydrogen-bond acceptors (Lipinski definition) is 4. The maximum atomic E-state index is 13.3. The van der Waals surface area contributed by atoms with Crippen molar-refractivity contribution in [3.8, 4) is 0 Å². The van der Waals surface area contributed by atoms with Gasteiger partial charge in [0.2, 0.25) is 10.0 Å². The van der Waals surface area contributed by atoms with E-state index < -0.39 is 26.0 Å². The summed E-state index contributed by atoms with van der Waals surface area (Å²) in [7, 11) is -2.48. The smallest absolute Gasteiger partial charge is 0.301 e. The highest BCUT2D eigenvalue weighted by Crippen LogP contribution is 2.40. The van der Waals surface area contributed by atoms with E-state index in [0.717, 1.165) is 0 Å². The van der Waals surface area contributed by atoms with Gasteiger partial charge in [0.05, 0.1) is 0 Å². The van der Waals surface area contributed by atoms with Crippen LogP contribution in [0.15, 0.2) is 82.5 Å². The van der Waals surface area contributed by atoms with Crippen molar-refractivity contribution < 1.29 is 8.42 Å². The molecule has 8 heteroatoms. The summed E-state index contributed by atoms with van der Waals surface area (Å²) in [6.45, 7) is 0.0975. The molecule has 1 aromatic heterocycles. The minimum Gasteiger partial charge on any atom is -0.301 e. The Morgan fingerprint density at radius 2 is 1.46 bits per heavy atom. The standard InChI is InChI=1S/C20H21N3O4S/c1-21-28(26,27)20(16-8-4-2-5-9-16,17-10-6-3-7-11-17)13-15-23-14-12-18(24)22-19(23)25/h2-12,14,21H,13,15H2,1H3,(H,22,24,25). The normalized spacial score (nSPS) is 12.0. The second-order valence-electron chi connectivity index (χ2n) is 6.32. The van der Waals surface area contributed by atoms with Crippen LogP contribution in [0.3, 0.4) is 0 Å². The van der Waals surface area contributed by atoms with Gasteiger partial charge in [-0.1, -0.05) is 60.7 Å². The lowest BCUT2D eigenvalue weighted by Crippen LogP contribution is -2.45. The van der Waals surface area contributed by atoms with Gasteiger partial charge in [-0.05, 0) is 24.6 Å². The fraction of sp³-hybridized carbons (Fsp3) is 0.200. The van der Waals surface area contributed by atoms with E-state index in [1.807, 2.05) is 12.1 Å². The van der Waals surface area contributed by atoms with Gasteiger partial charge in [-0.15, -0.1) is 0 Å². The average Bonchev–Trinajstić information content (AvgIpc) is 2.71. The Hall–Kier alpha value is -2.97. The van der Waals surface area contributed by atoms with Crippen LogP contribution in [0.2, 0.25) is 0 Å². The number of aromatic amines is 1. The van der Waals surface area contributed by atoms with E-state index in [1.165, 1.54) is 23.9 Å². The molecule has 2 N–H and O–H groups in total. The number of sulfonamides is 1. The maximum absolute atomic E-state index is 13.3. The molecular weight excluding hydrogens is 378 g/mol. The van der Waals surface area contributed by atoms with Gasteiger partial charge in [0.1, 0.15) is 4.75 Å². The summed E-state index contributed by atoms with van der Waals surface area (Å²) in [6.07, 6.45) is 1.46. The van der Waals surface area contributed by atoms with Crippen molar-refractivity contribution in [1.29, 1.82) is 0 Å². The monoisotopic (exact) mass is 399 g/mol. The van der Waals surface area contributed by atoms with Gasteiger partial charge in [0.15, 0.2) is 0 Å². The highest BCUT2D eigenvalue weighted by Gasteiger charge is 2.46. The minimum absolute atomic E-state index is 0.0934. The lowest BCUT2D eigenvalue weighted by molar-refractivity contribution is 0.490. The molecule has 7 nitrogen and oxygen atoms in total. The number of hydrogen-bond donors (Lipinski definition) is 2. The van der Waals surface area contributed by atoms with E-state index >= 15 is 0 Å². The molecule has 0 bridgehead atoms.